The molecule has 138 valence electrons. The molecule has 0 aliphatic carbocycles. The number of carboxylic acid groups (broad SMARTS) is 1. The van der Waals surface area contributed by atoms with Gasteiger partial charge in [-0.05, 0) is 43.5 Å². The summed E-state index contributed by atoms with van der Waals surface area (Å²) in [7, 11) is 0. The van der Waals surface area contributed by atoms with Crippen LogP contribution >= 0.6 is 0 Å². The van der Waals surface area contributed by atoms with Crippen molar-refractivity contribution < 1.29 is 23.6 Å². The van der Waals surface area contributed by atoms with Crippen LogP contribution in [0.4, 0.5) is 4.39 Å². The molecule has 1 aromatic carbocycles. The second-order valence-electron chi connectivity index (χ2n) is 6.39. The Bertz CT molecular complexity index is 775. The lowest BCUT2D eigenvalue weighted by Crippen LogP contribution is -2.42. The largest absolute Gasteiger partial charge is 0.481 e. The van der Waals surface area contributed by atoms with Gasteiger partial charge in [0.2, 0.25) is 17.6 Å². The molecule has 0 saturated carbocycles. The zero-order chi connectivity index (χ0) is 18.5. The average molecular weight is 361 g/mol. The molecule has 1 fully saturated rings. The zero-order valence-electron chi connectivity index (χ0n) is 14.2. The van der Waals surface area contributed by atoms with Gasteiger partial charge in [-0.1, -0.05) is 5.16 Å². The van der Waals surface area contributed by atoms with Crippen LogP contribution in [0.1, 0.15) is 31.6 Å². The molecular formula is C18H20FN3O4. The van der Waals surface area contributed by atoms with E-state index >= 15 is 0 Å². The van der Waals surface area contributed by atoms with Gasteiger partial charge in [-0.3, -0.25) is 9.59 Å². The molecule has 1 amide bonds. The third-order valence-corrected chi connectivity index (χ3v) is 4.48. The summed E-state index contributed by atoms with van der Waals surface area (Å²) in [5.74, 6) is -0.900. The van der Waals surface area contributed by atoms with E-state index in [1.807, 2.05) is 0 Å². The molecule has 7 nitrogen and oxygen atoms in total. The number of amides is 1. The Hall–Kier alpha value is -2.77. The highest BCUT2D eigenvalue weighted by Crippen LogP contribution is 2.19. The molecule has 1 aliphatic rings. The first-order chi connectivity index (χ1) is 12.5. The number of carboxylic acids is 1. The first kappa shape index (κ1) is 18.0. The van der Waals surface area contributed by atoms with Gasteiger partial charge in [-0.25, -0.2) is 4.39 Å². The standard InChI is InChI=1S/C18H20FN3O4/c19-14-8-6-12(7-9-14)17-20-15(26-21-17)4-1-5-16(23)22-10-2-3-13(11-22)18(24)25/h6-9,13H,1-5,10-11H2,(H,24,25)/t13-/m0/s1. The lowest BCUT2D eigenvalue weighted by molar-refractivity contribution is -0.145. The van der Waals surface area contributed by atoms with Gasteiger partial charge in [0.1, 0.15) is 5.82 Å². The SMILES string of the molecule is O=C(O)[C@H]1CCCN(C(=O)CCCc2nc(-c3ccc(F)cc3)no2)C1. The third kappa shape index (κ3) is 4.44. The number of aliphatic carboxylic acids is 1. The molecular weight excluding hydrogens is 341 g/mol. The lowest BCUT2D eigenvalue weighted by Gasteiger charge is -2.30. The summed E-state index contributed by atoms with van der Waals surface area (Å²) >= 11 is 0. The fourth-order valence-electron chi connectivity index (χ4n) is 3.03. The number of hydrogen-bond donors (Lipinski definition) is 1. The summed E-state index contributed by atoms with van der Waals surface area (Å²) in [5, 5.41) is 13.0. The van der Waals surface area contributed by atoms with Crippen LogP contribution in [-0.4, -0.2) is 45.1 Å². The Morgan fingerprint density at radius 1 is 1.31 bits per heavy atom. The van der Waals surface area contributed by atoms with Crippen molar-refractivity contribution in [2.24, 2.45) is 5.92 Å². The topological polar surface area (TPSA) is 96.5 Å². The minimum Gasteiger partial charge on any atom is -0.481 e. The van der Waals surface area contributed by atoms with Gasteiger partial charge in [-0.2, -0.15) is 4.98 Å². The maximum Gasteiger partial charge on any atom is 0.308 e. The summed E-state index contributed by atoms with van der Waals surface area (Å²) < 4.78 is 18.1. The van der Waals surface area contributed by atoms with E-state index in [2.05, 4.69) is 10.1 Å². The number of nitrogens with zero attached hydrogens (tertiary/aromatic N) is 3. The predicted molar refractivity (Wildman–Crippen MR) is 89.6 cm³/mol. The quantitative estimate of drug-likeness (QED) is 0.849. The highest BCUT2D eigenvalue weighted by atomic mass is 19.1. The first-order valence-electron chi connectivity index (χ1n) is 8.62. The van der Waals surface area contributed by atoms with Crippen molar-refractivity contribution >= 4 is 11.9 Å². The van der Waals surface area contributed by atoms with Crippen LogP contribution in [0.3, 0.4) is 0 Å². The van der Waals surface area contributed by atoms with E-state index in [9.17, 15) is 14.0 Å². The van der Waals surface area contributed by atoms with E-state index in [-0.39, 0.29) is 18.3 Å². The normalized spacial score (nSPS) is 17.3. The highest BCUT2D eigenvalue weighted by molar-refractivity contribution is 5.78. The Morgan fingerprint density at radius 3 is 2.81 bits per heavy atom. The molecule has 1 N–H and O–H groups in total. The Balaban J connectivity index is 1.48. The molecule has 2 aromatic rings. The summed E-state index contributed by atoms with van der Waals surface area (Å²) in [6, 6.07) is 5.80. The Kier molecular flexibility index (Phi) is 5.60. The summed E-state index contributed by atoms with van der Waals surface area (Å²) in [5.41, 5.74) is 0.658. The molecule has 2 heterocycles. The maximum atomic E-state index is 12.9. The van der Waals surface area contributed by atoms with Crippen LogP contribution in [0.2, 0.25) is 0 Å². The number of carbonyl (C=O) groups excluding carboxylic acids is 1. The van der Waals surface area contributed by atoms with Gasteiger partial charge in [0.05, 0.1) is 5.92 Å². The fourth-order valence-corrected chi connectivity index (χ4v) is 3.03. The molecule has 0 spiro atoms. The van der Waals surface area contributed by atoms with Crippen LogP contribution < -0.4 is 0 Å². The molecule has 8 heteroatoms. The van der Waals surface area contributed by atoms with Crippen LogP contribution in [-0.2, 0) is 16.0 Å². The molecule has 1 aromatic heterocycles. The average Bonchev–Trinajstić information content (AvgIpc) is 3.11. The van der Waals surface area contributed by atoms with Crippen molar-refractivity contribution in [1.82, 2.24) is 15.0 Å². The number of rotatable bonds is 6. The van der Waals surface area contributed by atoms with Gasteiger partial charge in [0, 0.05) is 31.5 Å². The maximum absolute atomic E-state index is 12.9. The van der Waals surface area contributed by atoms with E-state index in [0.29, 0.717) is 55.9 Å². The van der Waals surface area contributed by atoms with Crippen molar-refractivity contribution in [2.45, 2.75) is 32.1 Å². The van der Waals surface area contributed by atoms with Crippen molar-refractivity contribution in [2.75, 3.05) is 13.1 Å². The number of hydrogen-bond acceptors (Lipinski definition) is 5. The second kappa shape index (κ2) is 8.07. The Labute approximate surface area is 149 Å². The third-order valence-electron chi connectivity index (χ3n) is 4.48. The molecule has 0 unspecified atom stereocenters. The number of carbonyl (C=O) groups is 2. The minimum atomic E-state index is -0.846. The molecule has 1 aliphatic heterocycles. The molecule has 1 atom stereocenters. The second-order valence-corrected chi connectivity index (χ2v) is 6.39. The van der Waals surface area contributed by atoms with E-state index in [1.54, 1.807) is 17.0 Å². The van der Waals surface area contributed by atoms with Crippen molar-refractivity contribution in [3.05, 3.63) is 36.0 Å². The molecule has 26 heavy (non-hydrogen) atoms. The number of likely N-dealkylation sites (tertiary alicyclic amines) is 1. The smallest absolute Gasteiger partial charge is 0.308 e. The minimum absolute atomic E-state index is 0.0470. The van der Waals surface area contributed by atoms with Crippen LogP contribution in [0.25, 0.3) is 11.4 Å². The van der Waals surface area contributed by atoms with Gasteiger partial charge in [-0.15, -0.1) is 0 Å². The monoisotopic (exact) mass is 361 g/mol. The van der Waals surface area contributed by atoms with Gasteiger partial charge < -0.3 is 14.5 Å². The summed E-state index contributed by atoms with van der Waals surface area (Å²) in [6.07, 6.45) is 2.63. The fraction of sp³-hybridized carbons (Fsp3) is 0.444. The predicted octanol–water partition coefficient (Wildman–Crippen LogP) is 2.52. The van der Waals surface area contributed by atoms with Crippen molar-refractivity contribution in [3.8, 4) is 11.4 Å². The van der Waals surface area contributed by atoms with Crippen molar-refractivity contribution in [1.29, 1.82) is 0 Å². The number of halogens is 1. The number of benzene rings is 1. The number of aryl methyl sites for hydroxylation is 1. The van der Waals surface area contributed by atoms with Crippen LogP contribution in [0, 0.1) is 11.7 Å². The van der Waals surface area contributed by atoms with Gasteiger partial charge >= 0.3 is 5.97 Å². The number of aromatic nitrogens is 2. The molecule has 3 rings (SSSR count). The first-order valence-corrected chi connectivity index (χ1v) is 8.62. The van der Waals surface area contributed by atoms with E-state index in [4.69, 9.17) is 9.63 Å². The van der Waals surface area contributed by atoms with Crippen LogP contribution in [0.15, 0.2) is 28.8 Å². The molecule has 0 radical (unpaired) electrons. The lowest BCUT2D eigenvalue weighted by atomic mass is 9.98. The van der Waals surface area contributed by atoms with Crippen LogP contribution in [0.5, 0.6) is 0 Å². The van der Waals surface area contributed by atoms with Gasteiger partial charge in [0.25, 0.3) is 0 Å². The molecule has 1 saturated heterocycles. The summed E-state index contributed by atoms with van der Waals surface area (Å²) in [4.78, 5) is 29.2. The van der Waals surface area contributed by atoms with E-state index in [1.165, 1.54) is 12.1 Å². The highest BCUT2D eigenvalue weighted by Gasteiger charge is 2.27. The Morgan fingerprint density at radius 2 is 2.08 bits per heavy atom. The number of piperidine rings is 1. The van der Waals surface area contributed by atoms with Crippen molar-refractivity contribution in [3.63, 3.8) is 0 Å². The molecule has 0 bridgehead atoms. The van der Waals surface area contributed by atoms with Gasteiger partial charge in [0.15, 0.2) is 0 Å². The zero-order valence-corrected chi connectivity index (χ0v) is 14.2. The van der Waals surface area contributed by atoms with E-state index in [0.717, 1.165) is 0 Å². The van der Waals surface area contributed by atoms with E-state index < -0.39 is 11.9 Å². The summed E-state index contributed by atoms with van der Waals surface area (Å²) in [6.45, 7) is 0.890.